The van der Waals surface area contributed by atoms with Gasteiger partial charge in [0.25, 0.3) is 0 Å². The van der Waals surface area contributed by atoms with E-state index in [4.69, 9.17) is 9.47 Å². The normalized spacial score (nSPS) is 10.4. The Morgan fingerprint density at radius 2 is 1.88 bits per heavy atom. The first-order valence-corrected chi connectivity index (χ1v) is 5.81. The van der Waals surface area contributed by atoms with Gasteiger partial charge in [-0.05, 0) is 38.1 Å². The number of hydrogen-bond donors (Lipinski definition) is 1. The van der Waals surface area contributed by atoms with E-state index >= 15 is 0 Å². The molecular weight excluding hydrogens is 202 g/mol. The van der Waals surface area contributed by atoms with Crippen LogP contribution >= 0.6 is 0 Å². The van der Waals surface area contributed by atoms with Crippen LogP contribution in [0.5, 0.6) is 5.75 Å². The molecule has 0 aliphatic rings. The lowest BCUT2D eigenvalue weighted by Crippen LogP contribution is -2.15. The van der Waals surface area contributed by atoms with Gasteiger partial charge in [0.1, 0.15) is 12.4 Å². The molecule has 0 aromatic heterocycles. The van der Waals surface area contributed by atoms with Gasteiger partial charge in [0.05, 0.1) is 6.61 Å². The summed E-state index contributed by atoms with van der Waals surface area (Å²) in [6.07, 6.45) is 0.963. The molecule has 0 fully saturated rings. The number of nitrogens with one attached hydrogen (secondary N) is 1. The minimum Gasteiger partial charge on any atom is -0.492 e. The van der Waals surface area contributed by atoms with Crippen molar-refractivity contribution in [1.82, 2.24) is 5.32 Å². The average molecular weight is 223 g/mol. The maximum atomic E-state index is 5.53. The van der Waals surface area contributed by atoms with Crippen LogP contribution in [0.1, 0.15) is 12.5 Å². The molecule has 0 atom stereocenters. The van der Waals surface area contributed by atoms with E-state index in [9.17, 15) is 0 Å². The second kappa shape index (κ2) is 8.13. The Labute approximate surface area is 97.8 Å². The third kappa shape index (κ3) is 5.14. The third-order valence-corrected chi connectivity index (χ3v) is 2.28. The fourth-order valence-corrected chi connectivity index (χ4v) is 1.36. The summed E-state index contributed by atoms with van der Waals surface area (Å²) in [6, 6.07) is 8.20. The minimum absolute atomic E-state index is 0.703. The number of rotatable bonds is 8. The lowest BCUT2D eigenvalue weighted by molar-refractivity contribution is 0.151. The fourth-order valence-electron chi connectivity index (χ4n) is 1.36. The Morgan fingerprint density at radius 3 is 2.50 bits per heavy atom. The van der Waals surface area contributed by atoms with Crippen LogP contribution in [0.3, 0.4) is 0 Å². The summed E-state index contributed by atoms with van der Waals surface area (Å²) in [5, 5.41) is 3.04. The Bertz CT molecular complexity index is 243. The highest BCUT2D eigenvalue weighted by atomic mass is 16.5. The first-order valence-electron chi connectivity index (χ1n) is 5.81. The van der Waals surface area contributed by atoms with Gasteiger partial charge in [-0.15, -0.1) is 0 Å². The molecule has 0 saturated heterocycles. The first kappa shape index (κ1) is 13.0. The van der Waals surface area contributed by atoms with Crippen LogP contribution in [0, 0.1) is 0 Å². The van der Waals surface area contributed by atoms with Gasteiger partial charge >= 0.3 is 0 Å². The van der Waals surface area contributed by atoms with Gasteiger partial charge in [-0.3, -0.25) is 0 Å². The van der Waals surface area contributed by atoms with Crippen LogP contribution in [0.15, 0.2) is 24.3 Å². The highest BCUT2D eigenvalue weighted by Crippen LogP contribution is 2.12. The molecule has 3 heteroatoms. The standard InChI is InChI=1S/C13H21NO2/c1-3-15-10-8-12-4-6-13(7-5-12)16-11-9-14-2/h4-7,14H,3,8-11H2,1-2H3. The van der Waals surface area contributed by atoms with Crippen molar-refractivity contribution in [1.29, 1.82) is 0 Å². The van der Waals surface area contributed by atoms with Gasteiger partial charge in [-0.25, -0.2) is 0 Å². The Kier molecular flexibility index (Phi) is 6.61. The van der Waals surface area contributed by atoms with E-state index in [0.29, 0.717) is 6.61 Å². The Balaban J connectivity index is 2.30. The summed E-state index contributed by atoms with van der Waals surface area (Å²) in [5.74, 6) is 0.926. The molecule has 0 spiro atoms. The molecule has 1 aromatic rings. The molecule has 0 amide bonds. The van der Waals surface area contributed by atoms with Gasteiger partial charge < -0.3 is 14.8 Å². The molecule has 16 heavy (non-hydrogen) atoms. The molecule has 0 aliphatic carbocycles. The van der Waals surface area contributed by atoms with Crippen molar-refractivity contribution in [2.24, 2.45) is 0 Å². The predicted molar refractivity (Wildman–Crippen MR) is 66.1 cm³/mol. The summed E-state index contributed by atoms with van der Waals surface area (Å²) in [5.41, 5.74) is 1.29. The maximum Gasteiger partial charge on any atom is 0.119 e. The summed E-state index contributed by atoms with van der Waals surface area (Å²) >= 11 is 0. The molecule has 3 nitrogen and oxygen atoms in total. The van der Waals surface area contributed by atoms with Crippen molar-refractivity contribution in [3.05, 3.63) is 29.8 Å². The molecule has 90 valence electrons. The zero-order valence-electron chi connectivity index (χ0n) is 10.2. The number of likely N-dealkylation sites (N-methyl/N-ethyl adjacent to an activating group) is 1. The quantitative estimate of drug-likeness (QED) is 0.682. The number of benzene rings is 1. The van der Waals surface area contributed by atoms with Gasteiger partial charge in [0.15, 0.2) is 0 Å². The monoisotopic (exact) mass is 223 g/mol. The van der Waals surface area contributed by atoms with E-state index in [1.54, 1.807) is 0 Å². The molecule has 0 bridgehead atoms. The molecule has 0 unspecified atom stereocenters. The van der Waals surface area contributed by atoms with Gasteiger partial charge in [0.2, 0.25) is 0 Å². The van der Waals surface area contributed by atoms with Crippen molar-refractivity contribution >= 4 is 0 Å². The maximum absolute atomic E-state index is 5.53. The van der Waals surface area contributed by atoms with E-state index in [-0.39, 0.29) is 0 Å². The average Bonchev–Trinajstić information content (AvgIpc) is 2.32. The second-order valence-corrected chi connectivity index (χ2v) is 3.54. The van der Waals surface area contributed by atoms with Gasteiger partial charge in [0, 0.05) is 13.2 Å². The molecule has 0 heterocycles. The molecule has 0 radical (unpaired) electrons. The summed E-state index contributed by atoms with van der Waals surface area (Å²) in [6.45, 7) is 5.15. The van der Waals surface area contributed by atoms with Crippen molar-refractivity contribution in [3.8, 4) is 5.75 Å². The van der Waals surface area contributed by atoms with Crippen molar-refractivity contribution in [3.63, 3.8) is 0 Å². The van der Waals surface area contributed by atoms with E-state index in [0.717, 1.165) is 31.9 Å². The Hall–Kier alpha value is -1.06. The van der Waals surface area contributed by atoms with Crippen LogP contribution in [0.4, 0.5) is 0 Å². The van der Waals surface area contributed by atoms with Crippen LogP contribution in [0.2, 0.25) is 0 Å². The van der Waals surface area contributed by atoms with Crippen LogP contribution in [-0.4, -0.2) is 33.4 Å². The zero-order valence-corrected chi connectivity index (χ0v) is 10.2. The smallest absolute Gasteiger partial charge is 0.119 e. The fraction of sp³-hybridized carbons (Fsp3) is 0.538. The lowest BCUT2D eigenvalue weighted by atomic mass is 10.1. The minimum atomic E-state index is 0.703. The highest BCUT2D eigenvalue weighted by molar-refractivity contribution is 5.27. The lowest BCUT2D eigenvalue weighted by Gasteiger charge is -2.07. The number of ether oxygens (including phenoxy) is 2. The van der Waals surface area contributed by atoms with E-state index in [1.165, 1.54) is 5.56 Å². The largest absolute Gasteiger partial charge is 0.492 e. The topological polar surface area (TPSA) is 30.5 Å². The molecule has 1 N–H and O–H groups in total. The van der Waals surface area contributed by atoms with Crippen LogP contribution < -0.4 is 10.1 Å². The summed E-state index contributed by atoms with van der Waals surface area (Å²) in [7, 11) is 1.92. The molecule has 1 aromatic carbocycles. The van der Waals surface area contributed by atoms with Gasteiger partial charge in [-0.1, -0.05) is 12.1 Å². The van der Waals surface area contributed by atoms with E-state index in [2.05, 4.69) is 17.4 Å². The van der Waals surface area contributed by atoms with Crippen molar-refractivity contribution in [2.45, 2.75) is 13.3 Å². The predicted octanol–water partition coefficient (Wildman–Crippen LogP) is 1.86. The van der Waals surface area contributed by atoms with Crippen LogP contribution in [-0.2, 0) is 11.2 Å². The van der Waals surface area contributed by atoms with Crippen LogP contribution in [0.25, 0.3) is 0 Å². The first-order chi connectivity index (χ1) is 7.86. The zero-order chi connectivity index (χ0) is 11.6. The van der Waals surface area contributed by atoms with Gasteiger partial charge in [-0.2, -0.15) is 0 Å². The SMILES string of the molecule is CCOCCc1ccc(OCCNC)cc1. The Morgan fingerprint density at radius 1 is 1.12 bits per heavy atom. The summed E-state index contributed by atoms with van der Waals surface area (Å²) in [4.78, 5) is 0. The summed E-state index contributed by atoms with van der Waals surface area (Å²) < 4.78 is 10.8. The van der Waals surface area contributed by atoms with E-state index < -0.39 is 0 Å². The molecular formula is C13H21NO2. The molecule has 0 aliphatic heterocycles. The van der Waals surface area contributed by atoms with Crippen molar-refractivity contribution in [2.75, 3.05) is 33.4 Å². The van der Waals surface area contributed by atoms with E-state index in [1.807, 2.05) is 26.1 Å². The van der Waals surface area contributed by atoms with Crippen molar-refractivity contribution < 1.29 is 9.47 Å². The second-order valence-electron chi connectivity index (χ2n) is 3.54. The molecule has 0 saturated carbocycles. The highest BCUT2D eigenvalue weighted by Gasteiger charge is 1.95. The molecule has 1 rings (SSSR count). The number of hydrogen-bond acceptors (Lipinski definition) is 3. The third-order valence-electron chi connectivity index (χ3n) is 2.28.